The van der Waals surface area contributed by atoms with Gasteiger partial charge in [0.05, 0.1) is 71.3 Å². The molecule has 708 valence electrons. The molecule has 4 unspecified atom stereocenters. The van der Waals surface area contributed by atoms with Crippen molar-refractivity contribution in [1.82, 2.24) is 58.1 Å². The fourth-order valence-electron chi connectivity index (χ4n) is 15.7. The SMILES string of the molecule is CCC(=O)COc1cc2cc(Nc3nc(N4CC(C)OC(C)C4)ncc3Cl)ccc2n(C)c1=O.CCC(=O)COc1cc2cc(Nc3nc(N4CCCC4)ncc3Cl)ccc2n(C)c1=O.CCCn1c(=O)c(OCC(=O)CC)cc2cc(Nc3nc(N4CC(C)OC(C)C4)ncc3Cl)ccc21.CCCn1c(=O)c(OCC(=O)CC)cc2cc(Nc3nc(N4CCCC4)ncc3Cl)ccc21. The number of ether oxygens (including phenoxy) is 6. The number of pyridine rings is 4. The van der Waals surface area contributed by atoms with Crippen LogP contribution in [0, 0.1) is 0 Å². The first-order valence-electron chi connectivity index (χ1n) is 45.2. The number of hydrogen-bond acceptors (Lipinski definition) is 30. The van der Waals surface area contributed by atoms with E-state index in [9.17, 15) is 38.4 Å². The van der Waals surface area contributed by atoms with Crippen LogP contribution >= 0.6 is 46.4 Å². The van der Waals surface area contributed by atoms with Crippen molar-refractivity contribution in [3.05, 3.63) is 183 Å². The van der Waals surface area contributed by atoms with Crippen molar-refractivity contribution in [3.63, 3.8) is 0 Å². The van der Waals surface area contributed by atoms with Gasteiger partial charge in [-0.2, -0.15) is 19.9 Å². The Morgan fingerprint density at radius 2 is 0.604 bits per heavy atom. The Labute approximate surface area is 795 Å². The van der Waals surface area contributed by atoms with E-state index in [4.69, 9.17) is 74.8 Å². The molecule has 4 aliphatic heterocycles. The maximum absolute atomic E-state index is 13.0. The summed E-state index contributed by atoms with van der Waals surface area (Å²) in [4.78, 5) is 142. The zero-order valence-electron chi connectivity index (χ0n) is 77.2. The molecule has 12 aromatic rings. The molecule has 4 N–H and O–H groups in total. The molecule has 0 bridgehead atoms. The number of ketones is 4. The number of carbonyl (C=O) groups is 4. The normalized spacial score (nSPS) is 15.9. The van der Waals surface area contributed by atoms with Crippen molar-refractivity contribution in [2.45, 2.75) is 171 Å². The number of anilines is 12. The zero-order chi connectivity index (χ0) is 95.6. The van der Waals surface area contributed by atoms with Crippen molar-refractivity contribution >= 4 is 183 Å². The smallest absolute Gasteiger partial charge is 0.293 e. The van der Waals surface area contributed by atoms with E-state index < -0.39 is 0 Å². The summed E-state index contributed by atoms with van der Waals surface area (Å²) in [5, 5.41) is 17.9. The van der Waals surface area contributed by atoms with E-state index in [1.165, 1.54) is 9.13 Å². The van der Waals surface area contributed by atoms with Crippen LogP contribution in [0.2, 0.25) is 20.1 Å². The van der Waals surface area contributed by atoms with Crippen LogP contribution in [0.5, 0.6) is 23.0 Å². The molecule has 8 aromatic heterocycles. The topological polar surface area (TPSA) is 376 Å². The number of nitrogens with one attached hydrogen (secondary N) is 4. The van der Waals surface area contributed by atoms with E-state index in [0.29, 0.717) is 132 Å². The number of aromatic nitrogens is 12. The van der Waals surface area contributed by atoms with E-state index in [2.05, 4.69) is 80.7 Å². The van der Waals surface area contributed by atoms with E-state index in [0.717, 1.165) is 131 Å². The molecule has 16 rings (SSSR count). The minimum atomic E-state index is -0.297. The predicted octanol–water partition coefficient (Wildman–Crippen LogP) is 16.5. The van der Waals surface area contributed by atoms with E-state index in [-0.39, 0.29) is 119 Å². The van der Waals surface area contributed by atoms with Gasteiger partial charge in [-0.15, -0.1) is 0 Å². The monoisotopic (exact) mass is 1910 g/mol. The third kappa shape index (κ3) is 24.9. The lowest BCUT2D eigenvalue weighted by molar-refractivity contribution is -0.121. The summed E-state index contributed by atoms with van der Waals surface area (Å²) in [6.45, 7) is 26.3. The minimum Gasteiger partial charge on any atom is -0.480 e. The average Bonchev–Trinajstić information content (AvgIpc) is 0.788. The summed E-state index contributed by atoms with van der Waals surface area (Å²) in [6.07, 6.45) is 14.2. The molecule has 0 radical (unpaired) electrons. The highest BCUT2D eigenvalue weighted by Gasteiger charge is 2.29. The number of morpholine rings is 2. The molecule has 4 saturated heterocycles. The van der Waals surface area contributed by atoms with Gasteiger partial charge in [-0.25, -0.2) is 19.9 Å². The Kier molecular flexibility index (Phi) is 33.9. The molecule has 4 atom stereocenters. The highest BCUT2D eigenvalue weighted by molar-refractivity contribution is 6.34. The molecule has 134 heavy (non-hydrogen) atoms. The summed E-state index contributed by atoms with van der Waals surface area (Å²) in [7, 11) is 3.35. The largest absolute Gasteiger partial charge is 0.480 e. The number of Topliss-reactive ketones (excluding diaryl/α,β-unsaturated/α-hetero) is 4. The van der Waals surface area contributed by atoms with E-state index >= 15 is 0 Å². The lowest BCUT2D eigenvalue weighted by Crippen LogP contribution is -2.46. The lowest BCUT2D eigenvalue weighted by atomic mass is 10.1. The van der Waals surface area contributed by atoms with Crippen molar-refractivity contribution in [1.29, 1.82) is 0 Å². The number of benzene rings is 4. The van der Waals surface area contributed by atoms with Crippen LogP contribution in [0.3, 0.4) is 0 Å². The van der Waals surface area contributed by atoms with Gasteiger partial charge in [-0.05, 0) is 163 Å². The predicted molar refractivity (Wildman–Crippen MR) is 527 cm³/mol. The Bertz CT molecular complexity index is 6530. The fourth-order valence-corrected chi connectivity index (χ4v) is 16.3. The summed E-state index contributed by atoms with van der Waals surface area (Å²) in [6, 6.07) is 29.2. The van der Waals surface area contributed by atoms with Gasteiger partial charge >= 0.3 is 0 Å². The number of aryl methyl sites for hydroxylation is 4. The van der Waals surface area contributed by atoms with Crippen LogP contribution in [-0.2, 0) is 55.8 Å². The molecule has 0 amide bonds. The van der Waals surface area contributed by atoms with Gasteiger partial charge in [0, 0.05) is 150 Å². The molecular weight excluding hydrogens is 1800 g/mol. The molecule has 0 spiro atoms. The van der Waals surface area contributed by atoms with Crippen LogP contribution < -0.4 is 82.1 Å². The van der Waals surface area contributed by atoms with Crippen molar-refractivity contribution in [3.8, 4) is 23.0 Å². The zero-order valence-corrected chi connectivity index (χ0v) is 80.2. The van der Waals surface area contributed by atoms with Gasteiger partial charge in [0.15, 0.2) is 69.4 Å². The summed E-state index contributed by atoms with van der Waals surface area (Å²) in [5.41, 5.74) is 5.01. The third-order valence-electron chi connectivity index (χ3n) is 22.7. The van der Waals surface area contributed by atoms with Crippen molar-refractivity contribution in [2.24, 2.45) is 14.1 Å². The number of nitrogens with zero attached hydrogens (tertiary/aromatic N) is 16. The average molecular weight is 1910 g/mol. The number of halogens is 4. The standard InChI is InChI=1S/C26H32ClN5O4.C24H28ClN5O4.C24H28ClN5O3.C22H24ClN5O3/c1-5-9-32-22-8-7-19(10-18(22)11-23(25(32)34)35-15-20(33)6-2)29-24-21(27)12-28-26(30-24)31-13-16(3)36-17(4)14-31;1-5-18(31)13-33-21-9-16-8-17(6-7-20(16)29(4)23(21)32)27-22-19(25)10-26-24(28-22)30-11-14(2)34-15(3)12-30;1-3-9-30-20-8-7-17(12-16(20)13-21(23(30)32)33-15-18(31)4-2)27-22-19(25)14-26-24(28-22)29-10-5-6-11-29;1-3-16(29)13-31-19-11-14-10-15(6-7-18(14)27(2)21(19)30)25-20-17(23)12-24-22(26-20)28-8-4-5-9-28/h7-8,10-12,16-17H,5-6,9,13-15H2,1-4H3,(H,28,29,30);6-10,14-15H,5,11-13H2,1-4H3,(H,26,27,28);7-8,12-14H,3-6,9-11,15H2,1-2H3,(H,26,27,28);6-7,10-12H,3-5,8-9,13H2,1-2H3,(H,24,25,26). The highest BCUT2D eigenvalue weighted by atomic mass is 35.5. The van der Waals surface area contributed by atoms with Crippen LogP contribution in [0.1, 0.15) is 133 Å². The molecule has 12 heterocycles. The van der Waals surface area contributed by atoms with Gasteiger partial charge in [0.25, 0.3) is 22.2 Å². The molecule has 38 heteroatoms. The number of rotatable bonds is 32. The first kappa shape index (κ1) is 98.9. The van der Waals surface area contributed by atoms with Crippen LogP contribution in [0.15, 0.2) is 141 Å². The molecular formula is C96H112Cl4N20O14. The minimum absolute atomic E-state index is 0.0563. The second-order valence-corrected chi connectivity index (χ2v) is 34.8. The van der Waals surface area contributed by atoms with Crippen LogP contribution in [0.4, 0.5) is 69.8 Å². The Balaban J connectivity index is 0.000000152. The highest BCUT2D eigenvalue weighted by Crippen LogP contribution is 2.36. The van der Waals surface area contributed by atoms with Crippen LogP contribution in [0.25, 0.3) is 43.6 Å². The van der Waals surface area contributed by atoms with Gasteiger partial charge in [-0.1, -0.05) is 87.9 Å². The molecule has 0 aliphatic carbocycles. The summed E-state index contributed by atoms with van der Waals surface area (Å²) < 4.78 is 40.2. The van der Waals surface area contributed by atoms with Gasteiger partial charge < -0.3 is 87.6 Å². The third-order valence-corrected chi connectivity index (χ3v) is 23.8. The maximum atomic E-state index is 13.0. The van der Waals surface area contributed by atoms with Gasteiger partial charge in [0.2, 0.25) is 23.8 Å². The Hall–Kier alpha value is -12.6. The summed E-state index contributed by atoms with van der Waals surface area (Å²) in [5.74, 6) is 4.84. The van der Waals surface area contributed by atoms with Crippen molar-refractivity contribution < 1.29 is 47.6 Å². The first-order valence-corrected chi connectivity index (χ1v) is 46.7. The molecule has 34 nitrogen and oxygen atoms in total. The fraction of sp³-hybridized carbons (Fsp3) is 0.417. The number of carbonyl (C=O) groups excluding carboxylic acids is 4. The molecule has 0 saturated carbocycles. The number of hydrogen-bond donors (Lipinski definition) is 4. The van der Waals surface area contributed by atoms with Gasteiger partial charge in [0.1, 0.15) is 46.5 Å². The second-order valence-electron chi connectivity index (χ2n) is 33.2. The Morgan fingerprint density at radius 1 is 0.358 bits per heavy atom. The summed E-state index contributed by atoms with van der Waals surface area (Å²) >= 11 is 25.5. The quantitative estimate of drug-likeness (QED) is 0.0304. The van der Waals surface area contributed by atoms with Crippen LogP contribution in [-0.4, -0.2) is 184 Å². The van der Waals surface area contributed by atoms with E-state index in [1.54, 1.807) is 100.0 Å². The van der Waals surface area contributed by atoms with Crippen molar-refractivity contribution in [2.75, 3.05) is 120 Å². The molecule has 4 fully saturated rings. The Morgan fingerprint density at radius 3 is 0.866 bits per heavy atom. The molecule has 4 aromatic carbocycles. The van der Waals surface area contributed by atoms with E-state index in [1.807, 2.05) is 114 Å². The number of fused-ring (bicyclic) bond motifs is 4. The maximum Gasteiger partial charge on any atom is 0.293 e. The molecule has 4 aliphatic rings. The van der Waals surface area contributed by atoms with Gasteiger partial charge in [-0.3, -0.25) is 38.4 Å². The second kappa shape index (κ2) is 45.9. The first-order chi connectivity index (χ1) is 64.5. The lowest BCUT2D eigenvalue weighted by Gasteiger charge is -2.35.